The average molecular weight is 329 g/mol. The second-order valence-electron chi connectivity index (χ2n) is 5.57. The highest BCUT2D eigenvalue weighted by Crippen LogP contribution is 2.50. The van der Waals surface area contributed by atoms with Gasteiger partial charge in [-0.1, -0.05) is 48.2 Å². The lowest BCUT2D eigenvalue weighted by Crippen LogP contribution is -2.20. The van der Waals surface area contributed by atoms with Crippen molar-refractivity contribution in [3.8, 4) is 0 Å². The molecule has 0 saturated carbocycles. The van der Waals surface area contributed by atoms with E-state index in [9.17, 15) is 5.11 Å². The van der Waals surface area contributed by atoms with Crippen molar-refractivity contribution in [2.24, 2.45) is 0 Å². The van der Waals surface area contributed by atoms with Gasteiger partial charge in [0, 0.05) is 5.25 Å². The summed E-state index contributed by atoms with van der Waals surface area (Å²) in [5.41, 5.74) is 3.97. The molecule has 1 fully saturated rings. The molecule has 2 heterocycles. The number of rotatable bonds is 3. The van der Waals surface area contributed by atoms with Crippen molar-refractivity contribution in [2.45, 2.75) is 49.2 Å². The molecule has 1 nitrogen and oxygen atoms in total. The summed E-state index contributed by atoms with van der Waals surface area (Å²) < 4.78 is 0. The Balaban J connectivity index is 2.05. The van der Waals surface area contributed by atoms with Crippen molar-refractivity contribution < 1.29 is 5.11 Å². The molecule has 2 aliphatic heterocycles. The molecule has 3 atom stereocenters. The zero-order valence-electron chi connectivity index (χ0n) is 11.4. The van der Waals surface area contributed by atoms with E-state index in [1.807, 2.05) is 23.9 Å². The average Bonchev–Trinajstić information content (AvgIpc) is 2.72. The predicted octanol–water partition coefficient (Wildman–Crippen LogP) is 5.19. The first-order chi connectivity index (χ1) is 9.60. The van der Waals surface area contributed by atoms with Crippen LogP contribution in [0.25, 0.3) is 5.57 Å². The van der Waals surface area contributed by atoms with Crippen molar-refractivity contribution in [1.82, 2.24) is 0 Å². The smallest absolute Gasteiger partial charge is 0.0707 e. The molecule has 0 radical (unpaired) electrons. The van der Waals surface area contributed by atoms with Crippen LogP contribution >= 0.6 is 35.0 Å². The van der Waals surface area contributed by atoms with E-state index < -0.39 is 0 Å². The summed E-state index contributed by atoms with van der Waals surface area (Å²) in [7, 11) is 0. The maximum atomic E-state index is 10.3. The molecular formula is C16H18Cl2OS. The first-order valence-corrected chi connectivity index (χ1v) is 8.81. The summed E-state index contributed by atoms with van der Waals surface area (Å²) in [4.78, 5) is 0. The van der Waals surface area contributed by atoms with E-state index in [2.05, 4.69) is 13.0 Å². The summed E-state index contributed by atoms with van der Waals surface area (Å²) in [6, 6.07) is 5.90. The van der Waals surface area contributed by atoms with Gasteiger partial charge in [-0.25, -0.2) is 0 Å². The van der Waals surface area contributed by atoms with Crippen molar-refractivity contribution in [3.05, 3.63) is 39.4 Å². The number of fused-ring (bicyclic) bond motifs is 2. The molecule has 20 heavy (non-hydrogen) atoms. The van der Waals surface area contributed by atoms with Crippen molar-refractivity contribution in [3.63, 3.8) is 0 Å². The Hall–Kier alpha value is -0.150. The zero-order valence-corrected chi connectivity index (χ0v) is 13.7. The van der Waals surface area contributed by atoms with Gasteiger partial charge < -0.3 is 5.11 Å². The van der Waals surface area contributed by atoms with Crippen LogP contribution in [-0.2, 0) is 0 Å². The summed E-state index contributed by atoms with van der Waals surface area (Å²) in [6.45, 7) is 2.19. The van der Waals surface area contributed by atoms with Gasteiger partial charge in [0.25, 0.3) is 0 Å². The lowest BCUT2D eigenvalue weighted by molar-refractivity contribution is 0.179. The number of allylic oxidation sites excluding steroid dienone is 1. The fraction of sp³-hybridized carbons (Fsp3) is 0.500. The van der Waals surface area contributed by atoms with E-state index in [1.165, 1.54) is 16.7 Å². The summed E-state index contributed by atoms with van der Waals surface area (Å²) in [5.74, 6) is 0. The summed E-state index contributed by atoms with van der Waals surface area (Å²) >= 11 is 14.1. The Bertz CT molecular complexity index is 555. The fourth-order valence-electron chi connectivity index (χ4n) is 3.27. The maximum Gasteiger partial charge on any atom is 0.0707 e. The lowest BCUT2D eigenvalue weighted by Gasteiger charge is -2.27. The Labute approximate surface area is 134 Å². The summed E-state index contributed by atoms with van der Waals surface area (Å²) in [5, 5.41) is 12.3. The van der Waals surface area contributed by atoms with E-state index in [4.69, 9.17) is 23.2 Å². The number of thioether (sulfide) groups is 1. The van der Waals surface area contributed by atoms with Crippen LogP contribution in [0.2, 0.25) is 10.0 Å². The Kier molecular flexibility index (Phi) is 4.37. The second kappa shape index (κ2) is 5.92. The number of aliphatic hydroxyl groups excluding tert-OH is 1. The minimum absolute atomic E-state index is 0.188. The molecule has 1 N–H and O–H groups in total. The quantitative estimate of drug-likeness (QED) is 0.824. The van der Waals surface area contributed by atoms with Crippen LogP contribution in [0, 0.1) is 0 Å². The van der Waals surface area contributed by atoms with E-state index in [1.54, 1.807) is 0 Å². The molecular weight excluding hydrogens is 311 g/mol. The van der Waals surface area contributed by atoms with Gasteiger partial charge in [0.15, 0.2) is 0 Å². The third-order valence-corrected chi connectivity index (χ3v) is 6.52. The largest absolute Gasteiger partial charge is 0.392 e. The van der Waals surface area contributed by atoms with Crippen LogP contribution in [0.5, 0.6) is 0 Å². The molecule has 108 valence electrons. The van der Waals surface area contributed by atoms with Gasteiger partial charge in [-0.15, -0.1) is 11.8 Å². The van der Waals surface area contributed by atoms with Crippen LogP contribution in [-0.4, -0.2) is 21.7 Å². The highest BCUT2D eigenvalue weighted by Gasteiger charge is 2.41. The maximum absolute atomic E-state index is 10.3. The van der Waals surface area contributed by atoms with Crippen LogP contribution in [0.3, 0.4) is 0 Å². The molecule has 2 unspecified atom stereocenters. The molecule has 3 rings (SSSR count). The van der Waals surface area contributed by atoms with Gasteiger partial charge >= 0.3 is 0 Å². The lowest BCUT2D eigenvalue weighted by atomic mass is 9.92. The Morgan fingerprint density at radius 2 is 2.10 bits per heavy atom. The van der Waals surface area contributed by atoms with Crippen LogP contribution in [0.15, 0.2) is 23.8 Å². The highest BCUT2D eigenvalue weighted by molar-refractivity contribution is 8.01. The molecule has 0 aliphatic carbocycles. The van der Waals surface area contributed by atoms with Gasteiger partial charge in [0.2, 0.25) is 0 Å². The molecule has 1 aromatic carbocycles. The molecule has 0 amide bonds. The second-order valence-corrected chi connectivity index (χ2v) is 7.83. The molecule has 4 heteroatoms. The topological polar surface area (TPSA) is 20.2 Å². The van der Waals surface area contributed by atoms with E-state index >= 15 is 0 Å². The predicted molar refractivity (Wildman–Crippen MR) is 88.7 cm³/mol. The number of halogens is 2. The number of benzene rings is 1. The van der Waals surface area contributed by atoms with Crippen LogP contribution in [0.4, 0.5) is 0 Å². The van der Waals surface area contributed by atoms with E-state index in [0.29, 0.717) is 15.3 Å². The number of hydrogen-bond acceptors (Lipinski definition) is 2. The SMILES string of the molecule is CCCC1=C(c2ccc(Cl)c(Cl)c2)CC2CC(O)[C@H]1S2. The van der Waals surface area contributed by atoms with E-state index in [-0.39, 0.29) is 11.4 Å². The third kappa shape index (κ3) is 2.64. The number of hydrogen-bond donors (Lipinski definition) is 1. The first kappa shape index (κ1) is 14.8. The van der Waals surface area contributed by atoms with Crippen molar-refractivity contribution in [1.29, 1.82) is 0 Å². The molecule has 0 spiro atoms. The molecule has 2 bridgehead atoms. The van der Waals surface area contributed by atoms with Gasteiger partial charge in [-0.3, -0.25) is 0 Å². The monoisotopic (exact) mass is 328 g/mol. The first-order valence-electron chi connectivity index (χ1n) is 7.11. The molecule has 1 aromatic rings. The minimum Gasteiger partial charge on any atom is -0.392 e. The van der Waals surface area contributed by atoms with Crippen LogP contribution < -0.4 is 0 Å². The van der Waals surface area contributed by atoms with Crippen molar-refractivity contribution >= 4 is 40.5 Å². The normalized spacial score (nSPS) is 29.1. The standard InChI is InChI=1S/C16H18Cl2OS/c1-2-3-11-12(7-10-8-15(19)16(11)20-10)9-4-5-13(17)14(18)6-9/h4-6,10,15-16,19H,2-3,7-8H2,1H3/t10?,15?,16-/m0/s1. The third-order valence-electron chi connectivity index (χ3n) is 4.14. The fourth-order valence-corrected chi connectivity index (χ4v) is 5.27. The van der Waals surface area contributed by atoms with Gasteiger partial charge in [0.1, 0.15) is 0 Å². The number of aliphatic hydroxyl groups is 1. The minimum atomic E-state index is -0.188. The zero-order chi connectivity index (χ0) is 14.3. The van der Waals surface area contributed by atoms with Gasteiger partial charge in [-0.2, -0.15) is 0 Å². The van der Waals surface area contributed by atoms with Gasteiger partial charge in [-0.05, 0) is 42.5 Å². The Morgan fingerprint density at radius 3 is 2.80 bits per heavy atom. The van der Waals surface area contributed by atoms with Crippen molar-refractivity contribution in [2.75, 3.05) is 0 Å². The van der Waals surface area contributed by atoms with Crippen LogP contribution in [0.1, 0.15) is 38.2 Å². The Morgan fingerprint density at radius 1 is 1.30 bits per heavy atom. The molecule has 2 aliphatic rings. The van der Waals surface area contributed by atoms with E-state index in [0.717, 1.165) is 25.7 Å². The summed E-state index contributed by atoms with van der Waals surface area (Å²) in [6.07, 6.45) is 3.91. The van der Waals surface area contributed by atoms with Gasteiger partial charge in [0.05, 0.1) is 21.4 Å². The molecule has 1 saturated heterocycles. The molecule has 0 aromatic heterocycles. The highest BCUT2D eigenvalue weighted by atomic mass is 35.5.